The molecular weight excluding hydrogens is 356 g/mol. The van der Waals surface area contributed by atoms with Gasteiger partial charge < -0.3 is 14.6 Å². The minimum absolute atomic E-state index is 0.521. The molecule has 4 nitrogen and oxygen atoms in total. The average Bonchev–Trinajstić information content (AvgIpc) is 2.30. The second-order valence-corrected chi connectivity index (χ2v) is 4.59. The number of halogens is 2. The van der Waals surface area contributed by atoms with E-state index in [2.05, 4.69) is 31.9 Å². The highest BCUT2D eigenvalue weighted by Crippen LogP contribution is 2.42. The Balaban J connectivity index is 3.34. The Hall–Kier alpha value is -1.01. The fourth-order valence-electron chi connectivity index (χ4n) is 1.23. The van der Waals surface area contributed by atoms with Crippen LogP contribution < -0.4 is 9.47 Å². The molecule has 6 heteroatoms. The Bertz CT molecular complexity index is 469. The second kappa shape index (κ2) is 6.07. The Kier molecular flexibility index (Phi) is 5.02. The number of methoxy groups -OCH3 is 2. The number of carboxylic acids is 1. The Labute approximate surface area is 115 Å². The van der Waals surface area contributed by atoms with Gasteiger partial charge in [-0.3, -0.25) is 0 Å². The molecule has 0 amide bonds. The van der Waals surface area contributed by atoms with Crippen LogP contribution in [-0.4, -0.2) is 25.3 Å². The number of rotatable bonds is 4. The van der Waals surface area contributed by atoms with Crippen molar-refractivity contribution in [2.75, 3.05) is 14.2 Å². The van der Waals surface area contributed by atoms with Crippen molar-refractivity contribution in [3.8, 4) is 11.5 Å². The lowest BCUT2D eigenvalue weighted by Gasteiger charge is -2.12. The van der Waals surface area contributed by atoms with Gasteiger partial charge in [0.2, 0.25) is 0 Å². The van der Waals surface area contributed by atoms with Crippen LogP contribution in [0, 0.1) is 0 Å². The molecule has 0 fully saturated rings. The van der Waals surface area contributed by atoms with Crippen molar-refractivity contribution in [2.45, 2.75) is 0 Å². The number of ether oxygens (including phenoxy) is 2. The molecule has 0 spiro atoms. The van der Waals surface area contributed by atoms with Crippen LogP contribution >= 0.6 is 31.9 Å². The van der Waals surface area contributed by atoms with E-state index in [9.17, 15) is 4.79 Å². The third-order valence-corrected chi connectivity index (χ3v) is 4.13. The number of hydrogen-bond donors (Lipinski definition) is 1. The zero-order valence-electron chi connectivity index (χ0n) is 9.16. The first kappa shape index (κ1) is 14.1. The lowest BCUT2D eigenvalue weighted by Crippen LogP contribution is -1.94. The molecule has 0 atom stereocenters. The molecule has 1 rings (SSSR count). The molecule has 1 aromatic rings. The van der Waals surface area contributed by atoms with Crippen molar-refractivity contribution >= 4 is 43.9 Å². The van der Waals surface area contributed by atoms with Crippen molar-refractivity contribution in [2.24, 2.45) is 0 Å². The van der Waals surface area contributed by atoms with Crippen molar-refractivity contribution in [1.82, 2.24) is 0 Å². The van der Waals surface area contributed by atoms with Gasteiger partial charge in [0.15, 0.2) is 11.5 Å². The predicted molar refractivity (Wildman–Crippen MR) is 71.6 cm³/mol. The molecule has 0 aromatic heterocycles. The molecule has 0 unspecified atom stereocenters. The summed E-state index contributed by atoms with van der Waals surface area (Å²) in [6.07, 6.45) is 2.53. The first-order valence-corrected chi connectivity index (χ1v) is 6.10. The molecule has 17 heavy (non-hydrogen) atoms. The van der Waals surface area contributed by atoms with Gasteiger partial charge in [0.05, 0.1) is 18.7 Å². The third kappa shape index (κ3) is 3.23. The maximum absolute atomic E-state index is 10.5. The molecule has 1 N–H and O–H groups in total. The number of carbonyl (C=O) groups is 1. The third-order valence-electron chi connectivity index (χ3n) is 1.99. The molecular formula is C11H10Br2O4. The van der Waals surface area contributed by atoms with Gasteiger partial charge in [0.25, 0.3) is 0 Å². The smallest absolute Gasteiger partial charge is 0.328 e. The highest BCUT2D eigenvalue weighted by Gasteiger charge is 2.14. The van der Waals surface area contributed by atoms with Gasteiger partial charge in [-0.05, 0) is 49.6 Å². The van der Waals surface area contributed by atoms with Gasteiger partial charge in [-0.25, -0.2) is 4.79 Å². The quantitative estimate of drug-likeness (QED) is 0.831. The minimum Gasteiger partial charge on any atom is -0.493 e. The van der Waals surface area contributed by atoms with Crippen LogP contribution in [0.4, 0.5) is 0 Å². The largest absolute Gasteiger partial charge is 0.493 e. The molecule has 0 aliphatic heterocycles. The fourth-order valence-corrected chi connectivity index (χ4v) is 2.24. The molecule has 92 valence electrons. The summed E-state index contributed by atoms with van der Waals surface area (Å²) < 4.78 is 11.7. The summed E-state index contributed by atoms with van der Waals surface area (Å²) in [5.74, 6) is 0.0577. The molecule has 0 saturated heterocycles. The molecule has 0 radical (unpaired) electrons. The molecule has 0 bridgehead atoms. The van der Waals surface area contributed by atoms with E-state index >= 15 is 0 Å². The van der Waals surface area contributed by atoms with Crippen LogP contribution in [0.25, 0.3) is 6.08 Å². The summed E-state index contributed by atoms with van der Waals surface area (Å²) in [7, 11) is 3.05. The standard InChI is InChI=1S/C11H10Br2O4/c1-16-7-5-6(3-4-8(14)15)9(12)10(13)11(7)17-2/h3-5H,1-2H3,(H,14,15)/b4-3+. The highest BCUT2D eigenvalue weighted by molar-refractivity contribution is 9.13. The Morgan fingerprint density at radius 2 is 1.94 bits per heavy atom. The average molecular weight is 366 g/mol. The zero-order chi connectivity index (χ0) is 13.0. The maximum atomic E-state index is 10.5. The summed E-state index contributed by atoms with van der Waals surface area (Å²) in [6.45, 7) is 0. The van der Waals surface area contributed by atoms with Crippen LogP contribution in [-0.2, 0) is 4.79 Å². The van der Waals surface area contributed by atoms with Crippen LogP contribution in [0.15, 0.2) is 21.1 Å². The van der Waals surface area contributed by atoms with E-state index in [4.69, 9.17) is 14.6 Å². The fraction of sp³-hybridized carbons (Fsp3) is 0.182. The Morgan fingerprint density at radius 3 is 2.41 bits per heavy atom. The maximum Gasteiger partial charge on any atom is 0.328 e. The first-order chi connectivity index (χ1) is 8.01. The van der Waals surface area contributed by atoms with E-state index < -0.39 is 5.97 Å². The van der Waals surface area contributed by atoms with E-state index in [0.717, 1.165) is 6.08 Å². The van der Waals surface area contributed by atoms with E-state index in [0.29, 0.717) is 26.0 Å². The van der Waals surface area contributed by atoms with E-state index in [1.807, 2.05) is 0 Å². The van der Waals surface area contributed by atoms with Crippen molar-refractivity contribution in [3.05, 3.63) is 26.7 Å². The monoisotopic (exact) mass is 364 g/mol. The first-order valence-electron chi connectivity index (χ1n) is 4.52. The van der Waals surface area contributed by atoms with Crippen molar-refractivity contribution in [3.63, 3.8) is 0 Å². The lowest BCUT2D eigenvalue weighted by molar-refractivity contribution is -0.131. The number of carboxylic acid groups (broad SMARTS) is 1. The number of benzene rings is 1. The van der Waals surface area contributed by atoms with Gasteiger partial charge in [-0.15, -0.1) is 0 Å². The minimum atomic E-state index is -1.01. The molecule has 1 aromatic carbocycles. The van der Waals surface area contributed by atoms with Gasteiger partial charge in [0.1, 0.15) is 0 Å². The Morgan fingerprint density at radius 1 is 1.29 bits per heavy atom. The van der Waals surface area contributed by atoms with Crippen LogP contribution in [0.1, 0.15) is 5.56 Å². The number of hydrogen-bond acceptors (Lipinski definition) is 3. The molecule has 0 saturated carbocycles. The van der Waals surface area contributed by atoms with Gasteiger partial charge in [0, 0.05) is 10.5 Å². The summed E-state index contributed by atoms with van der Waals surface area (Å²) in [5.41, 5.74) is 0.678. The van der Waals surface area contributed by atoms with Crippen molar-refractivity contribution < 1.29 is 19.4 Å². The highest BCUT2D eigenvalue weighted by atomic mass is 79.9. The summed E-state index contributed by atoms with van der Waals surface area (Å²) in [6, 6.07) is 1.69. The number of aliphatic carboxylic acids is 1. The van der Waals surface area contributed by atoms with Crippen LogP contribution in [0.3, 0.4) is 0 Å². The van der Waals surface area contributed by atoms with Crippen LogP contribution in [0.2, 0.25) is 0 Å². The van der Waals surface area contributed by atoms with Gasteiger partial charge in [-0.2, -0.15) is 0 Å². The SMILES string of the molecule is COc1cc(/C=C/C(=O)O)c(Br)c(Br)c1OC. The molecule has 0 aliphatic rings. The predicted octanol–water partition coefficient (Wildman–Crippen LogP) is 3.33. The van der Waals surface area contributed by atoms with E-state index in [1.54, 1.807) is 6.07 Å². The van der Waals surface area contributed by atoms with Gasteiger partial charge >= 0.3 is 5.97 Å². The summed E-state index contributed by atoms with van der Waals surface area (Å²) in [5, 5.41) is 8.59. The summed E-state index contributed by atoms with van der Waals surface area (Å²) >= 11 is 6.72. The van der Waals surface area contributed by atoms with E-state index in [1.165, 1.54) is 20.3 Å². The zero-order valence-corrected chi connectivity index (χ0v) is 12.3. The van der Waals surface area contributed by atoms with Crippen molar-refractivity contribution in [1.29, 1.82) is 0 Å². The second-order valence-electron chi connectivity index (χ2n) is 3.00. The van der Waals surface area contributed by atoms with E-state index in [-0.39, 0.29) is 0 Å². The lowest BCUT2D eigenvalue weighted by atomic mass is 10.2. The summed E-state index contributed by atoms with van der Waals surface area (Å²) in [4.78, 5) is 10.5. The topological polar surface area (TPSA) is 55.8 Å². The normalized spacial score (nSPS) is 10.6. The molecule has 0 heterocycles. The van der Waals surface area contributed by atoms with Gasteiger partial charge in [-0.1, -0.05) is 0 Å². The van der Waals surface area contributed by atoms with Crippen LogP contribution in [0.5, 0.6) is 11.5 Å². The molecule has 0 aliphatic carbocycles.